The van der Waals surface area contributed by atoms with Crippen molar-refractivity contribution in [1.82, 2.24) is 9.55 Å². The van der Waals surface area contributed by atoms with Gasteiger partial charge in [0.2, 0.25) is 0 Å². The number of fused-ring (bicyclic) bond motifs is 1. The number of rotatable bonds is 2. The Morgan fingerprint density at radius 2 is 2.05 bits per heavy atom. The molecule has 21 heavy (non-hydrogen) atoms. The van der Waals surface area contributed by atoms with Crippen LogP contribution in [0.2, 0.25) is 0 Å². The normalized spacial score (nSPS) is 16.1. The van der Waals surface area contributed by atoms with Gasteiger partial charge in [-0.3, -0.25) is 4.57 Å². The van der Waals surface area contributed by atoms with E-state index in [9.17, 15) is 8.78 Å². The van der Waals surface area contributed by atoms with E-state index >= 15 is 0 Å². The Hall–Kier alpha value is -2.16. The number of benzene rings is 1. The number of nitrogens with zero attached hydrogens (tertiary/aromatic N) is 3. The maximum atomic E-state index is 14.2. The van der Waals surface area contributed by atoms with E-state index in [0.29, 0.717) is 0 Å². The maximum absolute atomic E-state index is 14.2. The molecule has 0 amide bonds. The van der Waals surface area contributed by atoms with Gasteiger partial charge in [-0.15, -0.1) is 0 Å². The van der Waals surface area contributed by atoms with Gasteiger partial charge < -0.3 is 4.74 Å². The Balaban J connectivity index is 2.05. The summed E-state index contributed by atoms with van der Waals surface area (Å²) in [6.45, 7) is 0. The van der Waals surface area contributed by atoms with Crippen LogP contribution in [-0.2, 0) is 7.05 Å². The van der Waals surface area contributed by atoms with Crippen LogP contribution in [0, 0.1) is 23.0 Å². The maximum Gasteiger partial charge on any atom is 0.297 e. The summed E-state index contributed by atoms with van der Waals surface area (Å²) in [6, 6.07) is 2.72. The van der Waals surface area contributed by atoms with Crippen LogP contribution in [0.25, 0.3) is 11.0 Å². The van der Waals surface area contributed by atoms with Crippen molar-refractivity contribution in [3.05, 3.63) is 23.3 Å². The van der Waals surface area contributed by atoms with E-state index in [-0.39, 0.29) is 28.7 Å². The fraction of sp³-hybridized carbons (Fsp3) is 0.467. The zero-order chi connectivity index (χ0) is 15.0. The van der Waals surface area contributed by atoms with Crippen LogP contribution in [0.1, 0.15) is 37.7 Å². The molecule has 110 valence electrons. The monoisotopic (exact) mass is 291 g/mol. The van der Waals surface area contributed by atoms with E-state index in [1.165, 1.54) is 11.0 Å². The van der Waals surface area contributed by atoms with Gasteiger partial charge in [-0.25, -0.2) is 8.78 Å². The average Bonchev–Trinajstić information content (AvgIpc) is 2.82. The van der Waals surface area contributed by atoms with Gasteiger partial charge in [0, 0.05) is 7.05 Å². The van der Waals surface area contributed by atoms with Crippen molar-refractivity contribution in [1.29, 1.82) is 5.26 Å². The molecule has 0 atom stereocenters. The second kappa shape index (κ2) is 5.32. The van der Waals surface area contributed by atoms with Gasteiger partial charge in [-0.1, -0.05) is 6.42 Å². The summed E-state index contributed by atoms with van der Waals surface area (Å²) in [4.78, 5) is 4.06. The lowest BCUT2D eigenvalue weighted by Crippen LogP contribution is -2.21. The molecule has 0 bridgehead atoms. The number of hydrogen-bond acceptors (Lipinski definition) is 3. The average molecular weight is 291 g/mol. The van der Waals surface area contributed by atoms with Crippen molar-refractivity contribution < 1.29 is 13.5 Å². The van der Waals surface area contributed by atoms with Gasteiger partial charge in [0.1, 0.15) is 23.2 Å². The van der Waals surface area contributed by atoms with E-state index in [4.69, 9.17) is 10.00 Å². The highest BCUT2D eigenvalue weighted by atomic mass is 19.1. The van der Waals surface area contributed by atoms with Gasteiger partial charge in [0.05, 0.1) is 5.56 Å². The minimum Gasteiger partial charge on any atom is -0.461 e. The van der Waals surface area contributed by atoms with Crippen molar-refractivity contribution in [2.75, 3.05) is 0 Å². The zero-order valence-electron chi connectivity index (χ0n) is 11.7. The van der Waals surface area contributed by atoms with E-state index in [0.717, 1.165) is 31.7 Å². The molecule has 0 spiro atoms. The fourth-order valence-electron chi connectivity index (χ4n) is 2.80. The molecule has 0 N–H and O–H groups in total. The number of imidazole rings is 1. The molecule has 0 aliphatic heterocycles. The first kappa shape index (κ1) is 13.8. The molecule has 1 aliphatic carbocycles. The number of hydrogen-bond donors (Lipinski definition) is 0. The summed E-state index contributed by atoms with van der Waals surface area (Å²) in [5.74, 6) is -1.47. The Bertz CT molecular complexity index is 727. The second-order valence-corrected chi connectivity index (χ2v) is 5.36. The van der Waals surface area contributed by atoms with Crippen molar-refractivity contribution in [2.45, 2.75) is 38.2 Å². The van der Waals surface area contributed by atoms with Crippen molar-refractivity contribution >= 4 is 11.0 Å². The molecule has 1 saturated carbocycles. The molecule has 1 aromatic heterocycles. The summed E-state index contributed by atoms with van der Waals surface area (Å²) >= 11 is 0. The van der Waals surface area contributed by atoms with Crippen molar-refractivity contribution in [3.63, 3.8) is 0 Å². The molecule has 0 unspecified atom stereocenters. The quantitative estimate of drug-likeness (QED) is 0.851. The van der Waals surface area contributed by atoms with Gasteiger partial charge in [0.25, 0.3) is 6.01 Å². The molecule has 1 fully saturated rings. The summed E-state index contributed by atoms with van der Waals surface area (Å²) in [7, 11) is 1.57. The van der Waals surface area contributed by atoms with Crippen LogP contribution in [0.4, 0.5) is 8.78 Å². The smallest absolute Gasteiger partial charge is 0.297 e. The van der Waals surface area contributed by atoms with Crippen LogP contribution >= 0.6 is 0 Å². The fourth-order valence-corrected chi connectivity index (χ4v) is 2.80. The lowest BCUT2D eigenvalue weighted by atomic mass is 9.98. The van der Waals surface area contributed by atoms with Gasteiger partial charge in [0.15, 0.2) is 11.6 Å². The second-order valence-electron chi connectivity index (χ2n) is 5.36. The first-order valence-corrected chi connectivity index (χ1v) is 7.03. The van der Waals surface area contributed by atoms with Gasteiger partial charge >= 0.3 is 0 Å². The first-order chi connectivity index (χ1) is 10.1. The summed E-state index contributed by atoms with van der Waals surface area (Å²) in [5, 5.41) is 8.84. The molecule has 2 aromatic rings. The molecular formula is C15H15F2N3O. The summed E-state index contributed by atoms with van der Waals surface area (Å²) in [6.07, 6.45) is 5.27. The molecule has 1 heterocycles. The lowest BCUT2D eigenvalue weighted by Gasteiger charge is -2.22. The summed E-state index contributed by atoms with van der Waals surface area (Å²) in [5.41, 5.74) is -0.454. The molecule has 6 heteroatoms. The highest BCUT2D eigenvalue weighted by molar-refractivity contribution is 5.80. The van der Waals surface area contributed by atoms with E-state index in [2.05, 4.69) is 4.98 Å². The molecule has 1 aliphatic rings. The van der Waals surface area contributed by atoms with Crippen LogP contribution in [0.3, 0.4) is 0 Å². The molecule has 1 aromatic carbocycles. The third-order valence-corrected chi connectivity index (χ3v) is 3.94. The van der Waals surface area contributed by atoms with E-state index in [1.54, 1.807) is 13.1 Å². The Morgan fingerprint density at radius 1 is 1.33 bits per heavy atom. The van der Waals surface area contributed by atoms with Crippen molar-refractivity contribution in [2.24, 2.45) is 7.05 Å². The van der Waals surface area contributed by atoms with Crippen LogP contribution in [0.15, 0.2) is 6.07 Å². The zero-order valence-corrected chi connectivity index (χ0v) is 11.7. The first-order valence-electron chi connectivity index (χ1n) is 7.03. The van der Waals surface area contributed by atoms with E-state index < -0.39 is 11.6 Å². The lowest BCUT2D eigenvalue weighted by molar-refractivity contribution is 0.138. The number of aryl methyl sites for hydroxylation is 1. The van der Waals surface area contributed by atoms with Gasteiger partial charge in [-0.2, -0.15) is 10.2 Å². The van der Waals surface area contributed by atoms with Crippen LogP contribution < -0.4 is 4.74 Å². The number of nitriles is 1. The highest BCUT2D eigenvalue weighted by Gasteiger charge is 2.23. The third kappa shape index (κ3) is 2.33. The largest absolute Gasteiger partial charge is 0.461 e. The molecule has 3 rings (SSSR count). The Morgan fingerprint density at radius 3 is 2.71 bits per heavy atom. The molecule has 0 saturated heterocycles. The third-order valence-electron chi connectivity index (χ3n) is 3.94. The Labute approximate surface area is 121 Å². The topological polar surface area (TPSA) is 50.8 Å². The summed E-state index contributed by atoms with van der Waals surface area (Å²) < 4.78 is 35.3. The molecule has 0 radical (unpaired) electrons. The molecule has 4 nitrogen and oxygen atoms in total. The SMILES string of the molecule is Cn1c(OC2CCCCC2)nc2c(F)cc(C#N)c(F)c21. The van der Waals surface area contributed by atoms with Crippen LogP contribution in [0.5, 0.6) is 6.01 Å². The Kier molecular flexibility index (Phi) is 3.50. The van der Waals surface area contributed by atoms with Gasteiger partial charge in [-0.05, 0) is 31.7 Å². The minimum atomic E-state index is -0.762. The standard InChI is InChI=1S/C15H15F2N3O/c1-20-14-12(17)9(8-18)7-11(16)13(14)19-15(20)21-10-5-3-2-4-6-10/h7,10H,2-6H2,1H3. The minimum absolute atomic E-state index is 0.0302. The number of halogens is 2. The number of aromatic nitrogens is 2. The van der Waals surface area contributed by atoms with Crippen molar-refractivity contribution in [3.8, 4) is 12.1 Å². The van der Waals surface area contributed by atoms with Crippen LogP contribution in [-0.4, -0.2) is 15.7 Å². The number of ether oxygens (including phenoxy) is 1. The highest BCUT2D eigenvalue weighted by Crippen LogP contribution is 2.29. The predicted octanol–water partition coefficient (Wildman–Crippen LogP) is 3.43. The predicted molar refractivity (Wildman–Crippen MR) is 72.8 cm³/mol. The van der Waals surface area contributed by atoms with E-state index in [1.807, 2.05) is 0 Å². The molecular weight excluding hydrogens is 276 g/mol.